The highest BCUT2D eigenvalue weighted by Gasteiger charge is 2.19. The molecule has 0 unspecified atom stereocenters. The maximum Gasteiger partial charge on any atom is 0.232 e. The average Bonchev–Trinajstić information content (AvgIpc) is 2.63. The van der Waals surface area contributed by atoms with Crippen LogP contribution in [0.2, 0.25) is 0 Å². The highest BCUT2D eigenvalue weighted by Crippen LogP contribution is 2.28. The molecule has 0 saturated carbocycles. The van der Waals surface area contributed by atoms with Crippen molar-refractivity contribution in [2.75, 3.05) is 41.7 Å². The van der Waals surface area contributed by atoms with E-state index in [9.17, 15) is 12.8 Å². The molecule has 1 fully saturated rings. The zero-order valence-corrected chi connectivity index (χ0v) is 15.3. The number of aryl methyl sites for hydroxylation is 1. The topological polar surface area (TPSA) is 58.6 Å². The summed E-state index contributed by atoms with van der Waals surface area (Å²) in [5.74, 6) is -0.481. The van der Waals surface area contributed by atoms with Crippen LogP contribution < -0.4 is 9.62 Å². The zero-order chi connectivity index (χ0) is 18.4. The van der Waals surface area contributed by atoms with Crippen molar-refractivity contribution >= 4 is 21.4 Å². The van der Waals surface area contributed by atoms with Crippen LogP contribution in [0.15, 0.2) is 48.5 Å². The fourth-order valence-corrected chi connectivity index (χ4v) is 4.12. The monoisotopic (exact) mass is 378 g/mol. The van der Waals surface area contributed by atoms with E-state index in [2.05, 4.69) is 4.72 Å². The third-order valence-electron chi connectivity index (χ3n) is 4.30. The van der Waals surface area contributed by atoms with E-state index in [0.717, 1.165) is 5.56 Å². The number of nitrogens with zero attached hydrogens (tertiary/aromatic N) is 1. The fraction of sp³-hybridized carbons (Fsp3) is 0.368. The van der Waals surface area contributed by atoms with Crippen LogP contribution in [0.25, 0.3) is 0 Å². The van der Waals surface area contributed by atoms with Crippen LogP contribution in [0.1, 0.15) is 12.0 Å². The molecule has 1 aliphatic heterocycles. The van der Waals surface area contributed by atoms with Crippen molar-refractivity contribution < 1.29 is 17.5 Å². The summed E-state index contributed by atoms with van der Waals surface area (Å²) < 4.78 is 46.5. The number of hydrogen-bond acceptors (Lipinski definition) is 4. The minimum absolute atomic E-state index is 0.0129. The molecule has 26 heavy (non-hydrogen) atoms. The van der Waals surface area contributed by atoms with Crippen molar-refractivity contribution in [2.45, 2.75) is 12.8 Å². The molecule has 1 heterocycles. The van der Waals surface area contributed by atoms with Crippen LogP contribution in [0.4, 0.5) is 15.8 Å². The van der Waals surface area contributed by atoms with Gasteiger partial charge in [-0.3, -0.25) is 4.72 Å². The standard InChI is InChI=1S/C19H23FN2O3S/c20-17-8-9-19(22-10-12-25-13-11-22)18(15-17)21-26(23,24)14-4-7-16-5-2-1-3-6-16/h1-3,5-6,8-9,15,21H,4,7,10-14H2. The van der Waals surface area contributed by atoms with Gasteiger partial charge in [0.1, 0.15) is 5.82 Å². The van der Waals surface area contributed by atoms with E-state index in [4.69, 9.17) is 4.74 Å². The summed E-state index contributed by atoms with van der Waals surface area (Å²) in [5, 5.41) is 0. The van der Waals surface area contributed by atoms with Gasteiger partial charge in [0.05, 0.1) is 30.3 Å². The molecule has 7 heteroatoms. The van der Waals surface area contributed by atoms with Crippen molar-refractivity contribution in [3.8, 4) is 0 Å². The largest absolute Gasteiger partial charge is 0.378 e. The predicted molar refractivity (Wildman–Crippen MR) is 102 cm³/mol. The molecular weight excluding hydrogens is 355 g/mol. The Labute approximate surface area is 153 Å². The first kappa shape index (κ1) is 18.7. The first-order valence-corrected chi connectivity index (χ1v) is 10.4. The quantitative estimate of drug-likeness (QED) is 0.805. The molecule has 0 spiro atoms. The van der Waals surface area contributed by atoms with E-state index in [0.29, 0.717) is 44.8 Å². The van der Waals surface area contributed by atoms with Gasteiger partial charge in [-0.1, -0.05) is 30.3 Å². The van der Waals surface area contributed by atoms with Crippen molar-refractivity contribution in [3.63, 3.8) is 0 Å². The van der Waals surface area contributed by atoms with Gasteiger partial charge in [0, 0.05) is 19.2 Å². The van der Waals surface area contributed by atoms with E-state index in [1.807, 2.05) is 35.2 Å². The van der Waals surface area contributed by atoms with Gasteiger partial charge < -0.3 is 9.64 Å². The Morgan fingerprint density at radius 2 is 1.81 bits per heavy atom. The Balaban J connectivity index is 1.67. The van der Waals surface area contributed by atoms with Crippen LogP contribution in [0.5, 0.6) is 0 Å². The van der Waals surface area contributed by atoms with Crippen molar-refractivity contribution in [1.82, 2.24) is 0 Å². The minimum atomic E-state index is -3.56. The zero-order valence-electron chi connectivity index (χ0n) is 14.5. The highest BCUT2D eigenvalue weighted by molar-refractivity contribution is 7.92. The number of ether oxygens (including phenoxy) is 1. The molecule has 0 aromatic heterocycles. The van der Waals surface area contributed by atoms with E-state index in [1.54, 1.807) is 6.07 Å². The molecular formula is C19H23FN2O3S. The van der Waals surface area contributed by atoms with E-state index in [-0.39, 0.29) is 11.4 Å². The number of rotatable bonds is 7. The van der Waals surface area contributed by atoms with Crippen LogP contribution >= 0.6 is 0 Å². The van der Waals surface area contributed by atoms with Gasteiger partial charge in [0.15, 0.2) is 0 Å². The third-order valence-corrected chi connectivity index (χ3v) is 5.65. The van der Waals surface area contributed by atoms with Gasteiger partial charge in [0.25, 0.3) is 0 Å². The summed E-state index contributed by atoms with van der Waals surface area (Å²) in [6.45, 7) is 2.43. The highest BCUT2D eigenvalue weighted by atomic mass is 32.2. The second-order valence-corrected chi connectivity index (χ2v) is 8.11. The summed E-state index contributed by atoms with van der Waals surface area (Å²) in [7, 11) is -3.56. The predicted octanol–water partition coefficient (Wildman–Crippen LogP) is 3.04. The molecule has 1 N–H and O–H groups in total. The summed E-state index contributed by atoms with van der Waals surface area (Å²) in [5.41, 5.74) is 2.07. The molecule has 1 aliphatic rings. The molecule has 2 aromatic carbocycles. The summed E-state index contributed by atoms with van der Waals surface area (Å²) in [6, 6.07) is 13.9. The minimum Gasteiger partial charge on any atom is -0.378 e. The second kappa shape index (κ2) is 8.51. The number of morpholine rings is 1. The normalized spacial score (nSPS) is 15.0. The van der Waals surface area contributed by atoms with Crippen LogP contribution in [0.3, 0.4) is 0 Å². The SMILES string of the molecule is O=S(=O)(CCCc1ccccc1)Nc1cc(F)ccc1N1CCOCC1. The molecule has 0 aliphatic carbocycles. The molecule has 3 rings (SSSR count). The lowest BCUT2D eigenvalue weighted by Crippen LogP contribution is -2.36. The van der Waals surface area contributed by atoms with Crippen molar-refractivity contribution in [3.05, 3.63) is 59.9 Å². The van der Waals surface area contributed by atoms with Gasteiger partial charge in [-0.15, -0.1) is 0 Å². The summed E-state index contributed by atoms with van der Waals surface area (Å²) >= 11 is 0. The van der Waals surface area contributed by atoms with Gasteiger partial charge >= 0.3 is 0 Å². The molecule has 140 valence electrons. The van der Waals surface area contributed by atoms with E-state index in [1.165, 1.54) is 12.1 Å². The van der Waals surface area contributed by atoms with Gasteiger partial charge in [-0.25, -0.2) is 12.8 Å². The van der Waals surface area contributed by atoms with E-state index < -0.39 is 15.8 Å². The van der Waals surface area contributed by atoms with E-state index >= 15 is 0 Å². The average molecular weight is 378 g/mol. The van der Waals surface area contributed by atoms with Crippen LogP contribution in [-0.2, 0) is 21.2 Å². The summed E-state index contributed by atoms with van der Waals surface area (Å²) in [4.78, 5) is 2.00. The Morgan fingerprint density at radius 3 is 2.54 bits per heavy atom. The smallest absolute Gasteiger partial charge is 0.232 e. The number of halogens is 1. The maximum atomic E-state index is 13.7. The first-order chi connectivity index (χ1) is 12.5. The van der Waals surface area contributed by atoms with Gasteiger partial charge in [-0.05, 0) is 30.5 Å². The molecule has 0 radical (unpaired) electrons. The van der Waals surface area contributed by atoms with Gasteiger partial charge in [-0.2, -0.15) is 0 Å². The molecule has 1 saturated heterocycles. The number of nitrogens with one attached hydrogen (secondary N) is 1. The Hall–Kier alpha value is -2.12. The molecule has 0 atom stereocenters. The second-order valence-electron chi connectivity index (χ2n) is 6.27. The van der Waals surface area contributed by atoms with Crippen molar-refractivity contribution in [2.24, 2.45) is 0 Å². The number of hydrogen-bond donors (Lipinski definition) is 1. The molecule has 5 nitrogen and oxygen atoms in total. The van der Waals surface area contributed by atoms with Crippen LogP contribution in [-0.4, -0.2) is 40.5 Å². The van der Waals surface area contributed by atoms with Crippen LogP contribution in [0, 0.1) is 5.82 Å². The molecule has 2 aromatic rings. The summed E-state index contributed by atoms with van der Waals surface area (Å²) in [6.07, 6.45) is 1.18. The maximum absolute atomic E-state index is 13.7. The number of benzene rings is 2. The van der Waals surface area contributed by atoms with Crippen molar-refractivity contribution in [1.29, 1.82) is 0 Å². The third kappa shape index (κ3) is 5.19. The lowest BCUT2D eigenvalue weighted by Gasteiger charge is -2.30. The first-order valence-electron chi connectivity index (χ1n) is 8.70. The number of anilines is 2. The molecule has 0 amide bonds. The Morgan fingerprint density at radius 1 is 1.08 bits per heavy atom. The lowest BCUT2D eigenvalue weighted by atomic mass is 10.1. The lowest BCUT2D eigenvalue weighted by molar-refractivity contribution is 0.123. The molecule has 0 bridgehead atoms. The Bertz CT molecular complexity index is 822. The fourth-order valence-electron chi connectivity index (χ4n) is 3.00. The number of sulfonamides is 1. The Kier molecular flexibility index (Phi) is 6.11. The van der Waals surface area contributed by atoms with Gasteiger partial charge in [0.2, 0.25) is 10.0 Å².